The van der Waals surface area contributed by atoms with Crippen molar-refractivity contribution >= 4 is 23.5 Å². The molecule has 0 saturated heterocycles. The van der Waals surface area contributed by atoms with E-state index in [1.165, 1.54) is 6.07 Å². The maximum Gasteiger partial charge on any atom is 0.326 e. The van der Waals surface area contributed by atoms with Gasteiger partial charge in [0.2, 0.25) is 0 Å². The largest absolute Gasteiger partial charge is 0.480 e. The van der Waals surface area contributed by atoms with E-state index in [0.717, 1.165) is 6.42 Å². The molecule has 6 nitrogen and oxygen atoms in total. The average molecular weight is 301 g/mol. The smallest absolute Gasteiger partial charge is 0.326 e. The molecule has 0 spiro atoms. The molecule has 0 aliphatic heterocycles. The molecule has 1 heterocycles. The summed E-state index contributed by atoms with van der Waals surface area (Å²) in [5, 5.41) is 20.2. The van der Waals surface area contributed by atoms with Crippen LogP contribution in [0.1, 0.15) is 35.8 Å². The number of aliphatic carboxylic acids is 1. The highest BCUT2D eigenvalue weighted by atomic mass is 35.5. The summed E-state index contributed by atoms with van der Waals surface area (Å²) >= 11 is 5.84. The number of aromatic nitrogens is 1. The number of amides is 1. The number of rotatable bonds is 7. The molecular formula is C13H17ClN2O4. The van der Waals surface area contributed by atoms with Crippen molar-refractivity contribution in [3.63, 3.8) is 0 Å². The van der Waals surface area contributed by atoms with Gasteiger partial charge in [-0.15, -0.1) is 0 Å². The summed E-state index contributed by atoms with van der Waals surface area (Å²) < 4.78 is 0. The summed E-state index contributed by atoms with van der Waals surface area (Å²) in [6, 6.07) is 1.84. The standard InChI is InChI=1S/C13H17ClN2O4/c1-2-3-9-6-8(7-11(14)15-9)12(18)16-10(4-5-17)13(19)20/h6-7,10,17H,2-5H2,1H3,(H,16,18)(H,19,20)/t10-/m0/s1. The minimum absolute atomic E-state index is 0.0539. The van der Waals surface area contributed by atoms with Gasteiger partial charge in [-0.05, 0) is 18.6 Å². The van der Waals surface area contributed by atoms with Crippen LogP contribution in [-0.2, 0) is 11.2 Å². The van der Waals surface area contributed by atoms with Crippen LogP contribution in [0.4, 0.5) is 0 Å². The lowest BCUT2D eigenvalue weighted by molar-refractivity contribution is -0.139. The van der Waals surface area contributed by atoms with Crippen molar-refractivity contribution in [1.82, 2.24) is 10.3 Å². The van der Waals surface area contributed by atoms with Gasteiger partial charge in [0, 0.05) is 24.3 Å². The molecule has 20 heavy (non-hydrogen) atoms. The molecule has 0 saturated carbocycles. The van der Waals surface area contributed by atoms with Crippen LogP contribution in [0.3, 0.4) is 0 Å². The molecule has 0 bridgehead atoms. The van der Waals surface area contributed by atoms with Crippen molar-refractivity contribution in [2.45, 2.75) is 32.2 Å². The van der Waals surface area contributed by atoms with Crippen LogP contribution >= 0.6 is 11.6 Å². The molecule has 3 N–H and O–H groups in total. The van der Waals surface area contributed by atoms with Gasteiger partial charge in [0.1, 0.15) is 11.2 Å². The number of nitrogens with one attached hydrogen (secondary N) is 1. The van der Waals surface area contributed by atoms with E-state index in [-0.39, 0.29) is 23.7 Å². The van der Waals surface area contributed by atoms with Gasteiger partial charge in [0.05, 0.1) is 0 Å². The third-order valence-corrected chi connectivity index (χ3v) is 2.83. The summed E-state index contributed by atoms with van der Waals surface area (Å²) in [4.78, 5) is 27.0. The Morgan fingerprint density at radius 3 is 2.70 bits per heavy atom. The predicted molar refractivity (Wildman–Crippen MR) is 73.8 cm³/mol. The summed E-state index contributed by atoms with van der Waals surface area (Å²) in [6.07, 6.45) is 1.48. The first-order chi connectivity index (χ1) is 9.47. The molecule has 0 aliphatic carbocycles. The zero-order chi connectivity index (χ0) is 15.1. The van der Waals surface area contributed by atoms with E-state index in [2.05, 4.69) is 10.3 Å². The molecule has 0 fully saturated rings. The zero-order valence-corrected chi connectivity index (χ0v) is 11.9. The quantitative estimate of drug-likeness (QED) is 0.658. The minimum Gasteiger partial charge on any atom is -0.480 e. The number of carbonyl (C=O) groups excluding carboxylic acids is 1. The summed E-state index contributed by atoms with van der Waals surface area (Å²) in [7, 11) is 0. The fraction of sp³-hybridized carbons (Fsp3) is 0.462. The average Bonchev–Trinajstić information content (AvgIpc) is 2.37. The second-order valence-corrected chi connectivity index (χ2v) is 4.68. The number of carboxylic acids is 1. The van der Waals surface area contributed by atoms with Crippen LogP contribution in [-0.4, -0.2) is 39.7 Å². The molecule has 1 aromatic rings. The van der Waals surface area contributed by atoms with Gasteiger partial charge in [-0.2, -0.15) is 0 Å². The van der Waals surface area contributed by atoms with Crippen LogP contribution in [0.2, 0.25) is 5.15 Å². The second kappa shape index (κ2) is 7.81. The number of aryl methyl sites for hydroxylation is 1. The van der Waals surface area contributed by atoms with Crippen LogP contribution in [0.25, 0.3) is 0 Å². The predicted octanol–water partition coefficient (Wildman–Crippen LogP) is 1.25. The Kier molecular flexibility index (Phi) is 6.41. The Morgan fingerprint density at radius 1 is 1.45 bits per heavy atom. The van der Waals surface area contributed by atoms with E-state index in [0.29, 0.717) is 12.1 Å². The molecule has 0 aliphatic rings. The Labute approximate surface area is 121 Å². The van der Waals surface area contributed by atoms with Gasteiger partial charge < -0.3 is 15.5 Å². The zero-order valence-electron chi connectivity index (χ0n) is 11.1. The van der Waals surface area contributed by atoms with E-state index in [1.807, 2.05) is 6.92 Å². The molecule has 0 unspecified atom stereocenters. The lowest BCUT2D eigenvalue weighted by atomic mass is 10.1. The van der Waals surface area contributed by atoms with Gasteiger partial charge in [-0.25, -0.2) is 9.78 Å². The number of nitrogens with zero attached hydrogens (tertiary/aromatic N) is 1. The number of carbonyl (C=O) groups is 2. The number of halogens is 1. The Bertz CT molecular complexity index is 493. The number of aliphatic hydroxyl groups is 1. The molecule has 1 atom stereocenters. The lowest BCUT2D eigenvalue weighted by Crippen LogP contribution is -2.41. The molecule has 0 radical (unpaired) electrons. The number of carboxylic acid groups (broad SMARTS) is 1. The van der Waals surface area contributed by atoms with Crippen molar-refractivity contribution in [3.8, 4) is 0 Å². The highest BCUT2D eigenvalue weighted by Crippen LogP contribution is 2.12. The molecule has 7 heteroatoms. The molecule has 1 rings (SSSR count). The number of hydrogen-bond donors (Lipinski definition) is 3. The van der Waals surface area contributed by atoms with Gasteiger partial charge in [-0.3, -0.25) is 4.79 Å². The number of pyridine rings is 1. The van der Waals surface area contributed by atoms with E-state index in [1.54, 1.807) is 6.07 Å². The van der Waals surface area contributed by atoms with Crippen molar-refractivity contribution in [3.05, 3.63) is 28.5 Å². The van der Waals surface area contributed by atoms with Crippen molar-refractivity contribution in [2.24, 2.45) is 0 Å². The van der Waals surface area contributed by atoms with Gasteiger partial charge in [0.15, 0.2) is 0 Å². The van der Waals surface area contributed by atoms with Crippen molar-refractivity contribution in [1.29, 1.82) is 0 Å². The number of hydrogen-bond acceptors (Lipinski definition) is 4. The van der Waals surface area contributed by atoms with Crippen LogP contribution in [0.15, 0.2) is 12.1 Å². The normalized spacial score (nSPS) is 11.9. The minimum atomic E-state index is -1.19. The maximum absolute atomic E-state index is 12.0. The highest BCUT2D eigenvalue weighted by Gasteiger charge is 2.20. The molecule has 110 valence electrons. The van der Waals surface area contributed by atoms with E-state index < -0.39 is 17.9 Å². The molecule has 0 aromatic carbocycles. The molecule has 1 amide bonds. The van der Waals surface area contributed by atoms with E-state index in [9.17, 15) is 9.59 Å². The first-order valence-corrected chi connectivity index (χ1v) is 6.66. The van der Waals surface area contributed by atoms with Crippen molar-refractivity contribution in [2.75, 3.05) is 6.61 Å². The van der Waals surface area contributed by atoms with E-state index >= 15 is 0 Å². The van der Waals surface area contributed by atoms with Crippen molar-refractivity contribution < 1.29 is 19.8 Å². The third-order valence-electron chi connectivity index (χ3n) is 2.64. The highest BCUT2D eigenvalue weighted by molar-refractivity contribution is 6.29. The van der Waals surface area contributed by atoms with Crippen LogP contribution < -0.4 is 5.32 Å². The summed E-state index contributed by atoms with van der Waals surface area (Å²) in [5.41, 5.74) is 0.942. The monoisotopic (exact) mass is 300 g/mol. The fourth-order valence-electron chi connectivity index (χ4n) is 1.69. The summed E-state index contributed by atoms with van der Waals surface area (Å²) in [6.45, 7) is 1.65. The topological polar surface area (TPSA) is 99.5 Å². The first-order valence-electron chi connectivity index (χ1n) is 6.29. The van der Waals surface area contributed by atoms with Gasteiger partial charge in [-0.1, -0.05) is 24.9 Å². The Balaban J connectivity index is 2.88. The SMILES string of the molecule is CCCc1cc(C(=O)N[C@@H](CCO)C(=O)O)cc(Cl)n1. The fourth-order valence-corrected chi connectivity index (χ4v) is 1.92. The lowest BCUT2D eigenvalue weighted by Gasteiger charge is -2.13. The van der Waals surface area contributed by atoms with Crippen LogP contribution in [0, 0.1) is 0 Å². The van der Waals surface area contributed by atoms with Gasteiger partial charge >= 0.3 is 5.97 Å². The maximum atomic E-state index is 12.0. The number of aliphatic hydroxyl groups excluding tert-OH is 1. The summed E-state index contributed by atoms with van der Waals surface area (Å²) in [5.74, 6) is -1.74. The van der Waals surface area contributed by atoms with Gasteiger partial charge in [0.25, 0.3) is 5.91 Å². The molecule has 1 aromatic heterocycles. The Hall–Kier alpha value is -1.66. The first kappa shape index (κ1) is 16.4. The molecular weight excluding hydrogens is 284 g/mol. The van der Waals surface area contributed by atoms with Crippen LogP contribution in [0.5, 0.6) is 0 Å². The second-order valence-electron chi connectivity index (χ2n) is 4.30. The Morgan fingerprint density at radius 2 is 2.15 bits per heavy atom. The third kappa shape index (κ3) is 4.79. The van der Waals surface area contributed by atoms with E-state index in [4.69, 9.17) is 21.8 Å².